The van der Waals surface area contributed by atoms with Crippen molar-refractivity contribution in [3.63, 3.8) is 0 Å². The Balaban J connectivity index is 1.47. The molecule has 2 aromatic heterocycles. The van der Waals surface area contributed by atoms with Crippen LogP contribution in [0.25, 0.3) is 32.9 Å². The summed E-state index contributed by atoms with van der Waals surface area (Å²) < 4.78 is 64.2. The molecule has 0 N–H and O–H groups in total. The molecule has 2 aliphatic heterocycles. The number of anilines is 1. The van der Waals surface area contributed by atoms with Gasteiger partial charge >= 0.3 is 6.01 Å². The second-order valence-corrected chi connectivity index (χ2v) is 11.6. The molecule has 0 radical (unpaired) electrons. The fourth-order valence-corrected chi connectivity index (χ4v) is 6.28. The first kappa shape index (κ1) is 31.2. The van der Waals surface area contributed by atoms with Gasteiger partial charge in [0.1, 0.15) is 17.6 Å². The predicted octanol–water partition coefficient (Wildman–Crippen LogP) is 5.81. The van der Waals surface area contributed by atoms with Gasteiger partial charge in [-0.2, -0.15) is 15.2 Å². The minimum Gasteiger partial charge on any atom is -0.462 e. The van der Waals surface area contributed by atoms with E-state index in [4.69, 9.17) is 4.74 Å². The van der Waals surface area contributed by atoms with Crippen molar-refractivity contribution < 1.29 is 27.1 Å². The third-order valence-corrected chi connectivity index (χ3v) is 8.72. The van der Waals surface area contributed by atoms with E-state index in [2.05, 4.69) is 26.4 Å². The molecule has 13 heteroatoms. The second-order valence-electron chi connectivity index (χ2n) is 11.6. The van der Waals surface area contributed by atoms with Crippen LogP contribution in [0.4, 0.5) is 23.4 Å². The van der Waals surface area contributed by atoms with Gasteiger partial charge in [-0.3, -0.25) is 4.79 Å². The third kappa shape index (κ3) is 5.92. The first-order valence-electron chi connectivity index (χ1n) is 14.9. The van der Waals surface area contributed by atoms with E-state index < -0.39 is 30.0 Å². The van der Waals surface area contributed by atoms with Crippen molar-refractivity contribution in [2.45, 2.75) is 37.8 Å². The lowest BCUT2D eigenvalue weighted by Crippen LogP contribution is -2.55. The number of halogens is 4. The maximum atomic E-state index is 16.7. The number of rotatable bonds is 8. The molecule has 4 aromatic rings. The number of fused-ring (bicyclic) bond motifs is 2. The molecular weight excluding hydrogens is 602 g/mol. The lowest BCUT2D eigenvalue weighted by atomic mass is 9.96. The number of likely N-dealkylation sites (N-methyl/N-ethyl adjacent to an activating group) is 1. The fourth-order valence-electron chi connectivity index (χ4n) is 6.28. The van der Waals surface area contributed by atoms with Gasteiger partial charge in [0.25, 0.3) is 12.3 Å². The highest BCUT2D eigenvalue weighted by atomic mass is 19.3. The van der Waals surface area contributed by atoms with Crippen LogP contribution >= 0.6 is 0 Å². The number of ether oxygens (including phenoxy) is 1. The average Bonchev–Trinajstić information content (AvgIpc) is 3.47. The molecule has 1 unspecified atom stereocenters. The molecule has 9 nitrogen and oxygen atoms in total. The van der Waals surface area contributed by atoms with E-state index in [1.165, 1.54) is 23.2 Å². The Labute approximate surface area is 262 Å². The van der Waals surface area contributed by atoms with Crippen LogP contribution in [-0.2, 0) is 4.79 Å². The number of nitrogens with zero attached hydrogens (tertiary/aromatic N) is 7. The minimum atomic E-state index is -2.77. The Bertz CT molecular complexity index is 1860. The maximum absolute atomic E-state index is 16.7. The van der Waals surface area contributed by atoms with Crippen molar-refractivity contribution in [3.8, 4) is 23.2 Å². The van der Waals surface area contributed by atoms with Gasteiger partial charge in [-0.1, -0.05) is 30.8 Å². The Morgan fingerprint density at radius 2 is 1.93 bits per heavy atom. The number of carbonyl (C=O) groups is 1. The van der Waals surface area contributed by atoms with Crippen LogP contribution < -0.4 is 9.64 Å². The summed E-state index contributed by atoms with van der Waals surface area (Å²) in [7, 11) is 1.99. The monoisotopic (exact) mass is 633 g/mol. The number of aromatic nitrogens is 3. The zero-order valence-electron chi connectivity index (χ0n) is 25.1. The summed E-state index contributed by atoms with van der Waals surface area (Å²) in [6.07, 6.45) is 0.334. The molecule has 0 bridgehead atoms. The van der Waals surface area contributed by atoms with Gasteiger partial charge in [-0.05, 0) is 54.9 Å². The summed E-state index contributed by atoms with van der Waals surface area (Å²) in [6, 6.07) is 10.9. The van der Waals surface area contributed by atoms with Gasteiger partial charge in [0.15, 0.2) is 17.5 Å². The predicted molar refractivity (Wildman–Crippen MR) is 165 cm³/mol. The number of hydrogen-bond acceptors (Lipinski definition) is 8. The number of carbonyl (C=O) groups excluding carboxylic acids is 1. The Hall–Kier alpha value is -4.83. The first-order chi connectivity index (χ1) is 22.2. The van der Waals surface area contributed by atoms with Gasteiger partial charge in [-0.25, -0.2) is 22.5 Å². The fraction of sp³-hybridized carbons (Fsp3) is 0.364. The summed E-state index contributed by atoms with van der Waals surface area (Å²) in [5.74, 6) is -2.60. The number of amides is 1. The zero-order chi connectivity index (χ0) is 32.5. The van der Waals surface area contributed by atoms with Gasteiger partial charge in [0.05, 0.1) is 18.5 Å². The van der Waals surface area contributed by atoms with Crippen LogP contribution in [0.1, 0.15) is 31.3 Å². The van der Waals surface area contributed by atoms with Crippen LogP contribution in [0, 0.1) is 17.1 Å². The average molecular weight is 634 g/mol. The molecular formula is C33H31F4N7O2. The number of alkyl halides is 2. The molecule has 0 saturated carbocycles. The van der Waals surface area contributed by atoms with Crippen LogP contribution in [0.5, 0.6) is 6.01 Å². The molecule has 0 spiro atoms. The Morgan fingerprint density at radius 1 is 1.13 bits per heavy atom. The lowest BCUT2D eigenvalue weighted by Gasteiger charge is -2.41. The molecule has 2 atom stereocenters. The molecule has 1 amide bonds. The van der Waals surface area contributed by atoms with Gasteiger partial charge in [0.2, 0.25) is 0 Å². The molecule has 2 aliphatic rings. The number of piperazine rings is 1. The Kier molecular flexibility index (Phi) is 8.73. The van der Waals surface area contributed by atoms with E-state index in [9.17, 15) is 23.2 Å². The third-order valence-electron chi connectivity index (χ3n) is 8.72. The van der Waals surface area contributed by atoms with E-state index >= 15 is 4.39 Å². The Morgan fingerprint density at radius 3 is 2.65 bits per heavy atom. The van der Waals surface area contributed by atoms with E-state index in [-0.39, 0.29) is 78.3 Å². The topological polar surface area (TPSA) is 98.5 Å². The number of nitriles is 1. The molecule has 238 valence electrons. The van der Waals surface area contributed by atoms with Crippen molar-refractivity contribution >= 4 is 33.5 Å². The van der Waals surface area contributed by atoms with E-state index in [1.807, 2.05) is 13.1 Å². The molecule has 2 aromatic carbocycles. The molecule has 4 heterocycles. The van der Waals surface area contributed by atoms with Crippen LogP contribution in [0.2, 0.25) is 0 Å². The standard InChI is InChI=1S/C33H31F4N7O2/c1-19(34)32(45)44-13-12-43(17-22(44)9-10-38)31-29-28(40-33(41-31)46-18-23-7-5-11-42(23)2)27(35)26(16-39-29)25-15-21(30(36)37)14-20-6-3-4-8-24(20)25/h3-4,6,8,14-16,22-23,30H,1,5,7,9,11-13,17-18H2,2H3/t22-,23?/m0/s1. The number of pyridine rings is 1. The van der Waals surface area contributed by atoms with Crippen molar-refractivity contribution in [2.24, 2.45) is 0 Å². The maximum Gasteiger partial charge on any atom is 0.319 e. The van der Waals surface area contributed by atoms with E-state index in [1.54, 1.807) is 29.2 Å². The molecule has 2 saturated heterocycles. The van der Waals surface area contributed by atoms with Crippen LogP contribution in [-0.4, -0.2) is 82.6 Å². The summed E-state index contributed by atoms with van der Waals surface area (Å²) in [4.78, 5) is 31.2. The smallest absolute Gasteiger partial charge is 0.319 e. The summed E-state index contributed by atoms with van der Waals surface area (Å²) in [6.45, 7) is 4.58. The van der Waals surface area contributed by atoms with Gasteiger partial charge in [0, 0.05) is 43.0 Å². The molecule has 2 fully saturated rings. The van der Waals surface area contributed by atoms with Crippen LogP contribution in [0.15, 0.2) is 55.0 Å². The van der Waals surface area contributed by atoms with Crippen molar-refractivity contribution in [2.75, 3.05) is 44.7 Å². The summed E-state index contributed by atoms with van der Waals surface area (Å²) >= 11 is 0. The van der Waals surface area contributed by atoms with E-state index in [0.717, 1.165) is 19.4 Å². The summed E-state index contributed by atoms with van der Waals surface area (Å²) in [5.41, 5.74) is -0.115. The molecule has 46 heavy (non-hydrogen) atoms. The summed E-state index contributed by atoms with van der Waals surface area (Å²) in [5, 5.41) is 10.5. The SMILES string of the molecule is C=C(F)C(=O)N1CCN(c2nc(OCC3CCCN3C)nc3c(F)c(-c4cc(C(F)F)cc5ccccc45)cnc23)C[C@@H]1CC#N. The normalized spacial score (nSPS) is 18.8. The lowest BCUT2D eigenvalue weighted by molar-refractivity contribution is -0.131. The number of likely N-dealkylation sites (tertiary alicyclic amines) is 1. The quantitative estimate of drug-likeness (QED) is 0.177. The van der Waals surface area contributed by atoms with Crippen molar-refractivity contribution in [1.82, 2.24) is 24.8 Å². The van der Waals surface area contributed by atoms with Gasteiger partial charge < -0.3 is 19.4 Å². The molecule has 6 rings (SSSR count). The highest BCUT2D eigenvalue weighted by Crippen LogP contribution is 2.38. The highest BCUT2D eigenvalue weighted by molar-refractivity contribution is 5.99. The number of hydrogen-bond donors (Lipinski definition) is 0. The molecule has 0 aliphatic carbocycles. The number of benzene rings is 2. The minimum absolute atomic E-state index is 0.0171. The zero-order valence-corrected chi connectivity index (χ0v) is 25.1. The largest absolute Gasteiger partial charge is 0.462 e. The second kappa shape index (κ2) is 12.9. The first-order valence-corrected chi connectivity index (χ1v) is 14.9. The highest BCUT2D eigenvalue weighted by Gasteiger charge is 2.34. The van der Waals surface area contributed by atoms with Crippen LogP contribution in [0.3, 0.4) is 0 Å². The van der Waals surface area contributed by atoms with E-state index in [0.29, 0.717) is 10.8 Å². The van der Waals surface area contributed by atoms with Gasteiger partial charge in [-0.15, -0.1) is 0 Å². The van der Waals surface area contributed by atoms with Crippen molar-refractivity contribution in [1.29, 1.82) is 5.26 Å². The van der Waals surface area contributed by atoms with Crippen molar-refractivity contribution in [3.05, 3.63) is 66.4 Å².